The number of hydrogen-bond donors (Lipinski definition) is 2. The van der Waals surface area contributed by atoms with E-state index in [4.69, 9.17) is 0 Å². The molecule has 1 aromatic carbocycles. The largest absolute Gasteiger partial charge is 0.351 e. The predicted molar refractivity (Wildman–Crippen MR) is 88.0 cm³/mol. The molecule has 5 heteroatoms. The van der Waals surface area contributed by atoms with E-state index in [1.54, 1.807) is 0 Å². The van der Waals surface area contributed by atoms with Crippen LogP contribution in [0.25, 0.3) is 0 Å². The second-order valence-electron chi connectivity index (χ2n) is 5.57. The first kappa shape index (κ1) is 14.9. The maximum Gasteiger partial charge on any atom is 0.243 e. The van der Waals surface area contributed by atoms with Crippen molar-refractivity contribution in [3.63, 3.8) is 0 Å². The zero-order valence-corrected chi connectivity index (χ0v) is 13.3. The van der Waals surface area contributed by atoms with Crippen molar-refractivity contribution in [1.82, 2.24) is 20.5 Å². The number of fused-ring (bicyclic) bond motifs is 1. The average molecular weight is 297 g/mol. The molecule has 22 heavy (non-hydrogen) atoms. The molecule has 2 heterocycles. The predicted octanol–water partition coefficient (Wildman–Crippen LogP) is 2.30. The summed E-state index contributed by atoms with van der Waals surface area (Å²) in [6, 6.07) is 8.92. The van der Waals surface area contributed by atoms with E-state index in [1.807, 2.05) is 0 Å². The second-order valence-corrected chi connectivity index (χ2v) is 5.57. The van der Waals surface area contributed by atoms with Crippen LogP contribution in [0.2, 0.25) is 0 Å². The number of aromatic nitrogens is 3. The second kappa shape index (κ2) is 6.83. The number of aryl methyl sites for hydroxylation is 2. The van der Waals surface area contributed by atoms with Crippen molar-refractivity contribution >= 4 is 5.95 Å². The fourth-order valence-corrected chi connectivity index (χ4v) is 2.98. The van der Waals surface area contributed by atoms with Crippen LogP contribution in [0.4, 0.5) is 5.95 Å². The first-order valence-electron chi connectivity index (χ1n) is 8.09. The molecule has 0 fully saturated rings. The third kappa shape index (κ3) is 3.09. The zero-order valence-electron chi connectivity index (χ0n) is 13.3. The number of anilines is 1. The highest BCUT2D eigenvalue weighted by Gasteiger charge is 2.19. The van der Waals surface area contributed by atoms with Crippen molar-refractivity contribution in [2.24, 2.45) is 0 Å². The van der Waals surface area contributed by atoms with E-state index < -0.39 is 0 Å². The molecule has 0 radical (unpaired) electrons. The summed E-state index contributed by atoms with van der Waals surface area (Å²) in [4.78, 5) is 4.59. The van der Waals surface area contributed by atoms with Crippen molar-refractivity contribution in [1.29, 1.82) is 0 Å². The van der Waals surface area contributed by atoms with Crippen LogP contribution in [-0.4, -0.2) is 28.3 Å². The van der Waals surface area contributed by atoms with Gasteiger partial charge in [-0.05, 0) is 36.9 Å². The molecule has 0 saturated carbocycles. The molecule has 116 valence electrons. The smallest absolute Gasteiger partial charge is 0.243 e. The summed E-state index contributed by atoms with van der Waals surface area (Å²) >= 11 is 0. The molecule has 0 spiro atoms. The summed E-state index contributed by atoms with van der Waals surface area (Å²) in [5.74, 6) is 0.624. The lowest BCUT2D eigenvalue weighted by molar-refractivity contribution is 0.522. The topological polar surface area (TPSA) is 62.7 Å². The molecule has 0 bridgehead atoms. The maximum atomic E-state index is 4.59. The summed E-state index contributed by atoms with van der Waals surface area (Å²) in [7, 11) is 0. The van der Waals surface area contributed by atoms with Gasteiger partial charge in [0.15, 0.2) is 0 Å². The van der Waals surface area contributed by atoms with Crippen molar-refractivity contribution in [3.05, 3.63) is 46.8 Å². The molecule has 0 saturated heterocycles. The Balaban J connectivity index is 1.71. The van der Waals surface area contributed by atoms with Gasteiger partial charge in [-0.1, -0.05) is 38.1 Å². The van der Waals surface area contributed by atoms with Gasteiger partial charge in [0, 0.05) is 12.6 Å². The van der Waals surface area contributed by atoms with E-state index >= 15 is 0 Å². The lowest BCUT2D eigenvalue weighted by atomic mass is 9.94. The quantitative estimate of drug-likeness (QED) is 0.886. The molecule has 2 aromatic rings. The van der Waals surface area contributed by atoms with E-state index in [0.717, 1.165) is 43.7 Å². The highest BCUT2D eigenvalue weighted by molar-refractivity contribution is 5.34. The Morgan fingerprint density at radius 3 is 2.77 bits per heavy atom. The molecule has 1 unspecified atom stereocenters. The lowest BCUT2D eigenvalue weighted by Crippen LogP contribution is -2.34. The van der Waals surface area contributed by atoms with Crippen LogP contribution in [0.5, 0.6) is 0 Å². The summed E-state index contributed by atoms with van der Waals surface area (Å²) < 4.78 is 0. The Bertz CT molecular complexity index is 641. The minimum Gasteiger partial charge on any atom is -0.351 e. The zero-order chi connectivity index (χ0) is 15.4. The minimum absolute atomic E-state index is 0.296. The molecule has 2 N–H and O–H groups in total. The van der Waals surface area contributed by atoms with Gasteiger partial charge in [0.1, 0.15) is 0 Å². The molecule has 1 atom stereocenters. The number of nitrogens with one attached hydrogen (secondary N) is 2. The Hall–Kier alpha value is -2.01. The van der Waals surface area contributed by atoms with Crippen LogP contribution >= 0.6 is 0 Å². The highest BCUT2D eigenvalue weighted by Crippen LogP contribution is 2.22. The van der Waals surface area contributed by atoms with Crippen LogP contribution in [0.15, 0.2) is 24.3 Å². The summed E-state index contributed by atoms with van der Waals surface area (Å²) in [6.07, 6.45) is 2.86. The third-order valence-electron chi connectivity index (χ3n) is 4.19. The molecule has 5 nitrogen and oxygen atoms in total. The van der Waals surface area contributed by atoms with Crippen LogP contribution in [0, 0.1) is 0 Å². The van der Waals surface area contributed by atoms with Gasteiger partial charge in [0.25, 0.3) is 0 Å². The SMILES string of the molecule is CCc1nnc(NCC2NCCc3ccccc32)nc1CC. The summed E-state index contributed by atoms with van der Waals surface area (Å²) in [5.41, 5.74) is 4.84. The summed E-state index contributed by atoms with van der Waals surface area (Å²) in [6.45, 7) is 5.97. The standard InChI is InChI=1S/C17H23N5/c1-3-14-15(4-2)21-22-17(20-14)19-11-16-13-8-6-5-7-12(13)9-10-18-16/h5-8,16,18H,3-4,9-11H2,1-2H3,(H,19,20,22). The van der Waals surface area contributed by atoms with E-state index in [0.29, 0.717) is 12.0 Å². The fourth-order valence-electron chi connectivity index (χ4n) is 2.98. The Morgan fingerprint density at radius 2 is 1.95 bits per heavy atom. The number of hydrogen-bond acceptors (Lipinski definition) is 5. The van der Waals surface area contributed by atoms with Gasteiger partial charge in [-0.15, -0.1) is 5.10 Å². The number of benzene rings is 1. The van der Waals surface area contributed by atoms with Crippen molar-refractivity contribution < 1.29 is 0 Å². The number of rotatable bonds is 5. The van der Waals surface area contributed by atoms with Gasteiger partial charge in [-0.3, -0.25) is 0 Å². The van der Waals surface area contributed by atoms with Crippen molar-refractivity contribution in [2.75, 3.05) is 18.4 Å². The van der Waals surface area contributed by atoms with Crippen LogP contribution in [0.1, 0.15) is 42.4 Å². The average Bonchev–Trinajstić information content (AvgIpc) is 2.59. The number of nitrogens with zero attached hydrogens (tertiary/aromatic N) is 3. The lowest BCUT2D eigenvalue weighted by Gasteiger charge is -2.27. The van der Waals surface area contributed by atoms with Crippen LogP contribution < -0.4 is 10.6 Å². The van der Waals surface area contributed by atoms with Gasteiger partial charge in [0.2, 0.25) is 5.95 Å². The van der Waals surface area contributed by atoms with E-state index in [9.17, 15) is 0 Å². The Labute approximate surface area is 131 Å². The molecule has 1 aliphatic heterocycles. The summed E-state index contributed by atoms with van der Waals surface area (Å²) in [5, 5.41) is 15.4. The highest BCUT2D eigenvalue weighted by atomic mass is 15.2. The monoisotopic (exact) mass is 297 g/mol. The minimum atomic E-state index is 0.296. The van der Waals surface area contributed by atoms with Gasteiger partial charge < -0.3 is 10.6 Å². The molecular weight excluding hydrogens is 274 g/mol. The van der Waals surface area contributed by atoms with Crippen LogP contribution in [-0.2, 0) is 19.3 Å². The van der Waals surface area contributed by atoms with E-state index in [-0.39, 0.29) is 0 Å². The van der Waals surface area contributed by atoms with E-state index in [2.05, 4.69) is 63.9 Å². The molecule has 1 aromatic heterocycles. The molecule has 3 rings (SSSR count). The van der Waals surface area contributed by atoms with Gasteiger partial charge in [-0.2, -0.15) is 5.10 Å². The van der Waals surface area contributed by atoms with Crippen molar-refractivity contribution in [3.8, 4) is 0 Å². The third-order valence-corrected chi connectivity index (χ3v) is 4.19. The normalized spacial score (nSPS) is 17.1. The first-order valence-corrected chi connectivity index (χ1v) is 8.09. The molecule has 0 aliphatic carbocycles. The molecular formula is C17H23N5. The van der Waals surface area contributed by atoms with Crippen molar-refractivity contribution in [2.45, 2.75) is 39.2 Å². The van der Waals surface area contributed by atoms with Gasteiger partial charge in [0.05, 0.1) is 11.4 Å². The Morgan fingerprint density at radius 1 is 1.14 bits per heavy atom. The molecule has 1 aliphatic rings. The Kier molecular flexibility index (Phi) is 4.63. The first-order chi connectivity index (χ1) is 10.8. The van der Waals surface area contributed by atoms with Gasteiger partial charge >= 0.3 is 0 Å². The maximum absolute atomic E-state index is 4.59. The van der Waals surface area contributed by atoms with Crippen LogP contribution in [0.3, 0.4) is 0 Å². The van der Waals surface area contributed by atoms with Gasteiger partial charge in [-0.25, -0.2) is 4.98 Å². The van der Waals surface area contributed by atoms with E-state index in [1.165, 1.54) is 11.1 Å². The fraction of sp³-hybridized carbons (Fsp3) is 0.471. The molecule has 0 amide bonds.